The molecule has 8 nitrogen and oxygen atoms in total. The summed E-state index contributed by atoms with van der Waals surface area (Å²) in [6.07, 6.45) is 2.39. The molecule has 0 spiro atoms. The number of aromatic nitrogens is 2. The van der Waals surface area contributed by atoms with Gasteiger partial charge in [0.25, 0.3) is 5.91 Å². The first-order chi connectivity index (χ1) is 15.4. The van der Waals surface area contributed by atoms with E-state index in [9.17, 15) is 14.7 Å². The lowest BCUT2D eigenvalue weighted by Crippen LogP contribution is -2.49. The molecule has 2 amide bonds. The third-order valence-corrected chi connectivity index (χ3v) is 6.62. The van der Waals surface area contributed by atoms with E-state index in [2.05, 4.69) is 38.4 Å². The predicted octanol–water partition coefficient (Wildman–Crippen LogP) is 1.03. The van der Waals surface area contributed by atoms with Crippen molar-refractivity contribution in [3.05, 3.63) is 59.2 Å². The minimum atomic E-state index is -0.682. The molecule has 4 rings (SSSR count). The zero-order valence-electron chi connectivity index (χ0n) is 18.7. The van der Waals surface area contributed by atoms with Crippen LogP contribution in [0.5, 0.6) is 0 Å². The van der Waals surface area contributed by atoms with Crippen LogP contribution in [-0.2, 0) is 24.2 Å². The highest BCUT2D eigenvalue weighted by Crippen LogP contribution is 2.21. The van der Waals surface area contributed by atoms with Crippen molar-refractivity contribution in [3.63, 3.8) is 0 Å². The Morgan fingerprint density at radius 2 is 1.97 bits per heavy atom. The normalized spacial score (nSPS) is 18.4. The van der Waals surface area contributed by atoms with Gasteiger partial charge in [-0.25, -0.2) is 9.97 Å². The van der Waals surface area contributed by atoms with Crippen molar-refractivity contribution >= 4 is 11.8 Å². The maximum absolute atomic E-state index is 12.6. The smallest absolute Gasteiger partial charge is 0.270 e. The van der Waals surface area contributed by atoms with Gasteiger partial charge in [0.05, 0.1) is 6.10 Å². The molecule has 3 heterocycles. The average Bonchev–Trinajstić information content (AvgIpc) is 2.78. The molecular weight excluding hydrogens is 406 g/mol. The second-order valence-corrected chi connectivity index (χ2v) is 8.90. The first kappa shape index (κ1) is 22.4. The van der Waals surface area contributed by atoms with Crippen LogP contribution in [0, 0.1) is 5.92 Å². The second kappa shape index (κ2) is 9.75. The molecule has 1 aromatic heterocycles. The molecule has 2 aromatic rings. The van der Waals surface area contributed by atoms with Crippen LogP contribution in [0.2, 0.25) is 0 Å². The monoisotopic (exact) mass is 437 g/mol. The molecule has 170 valence electrons. The van der Waals surface area contributed by atoms with Crippen molar-refractivity contribution in [2.24, 2.45) is 5.92 Å². The highest BCUT2D eigenvalue weighted by molar-refractivity contribution is 5.92. The van der Waals surface area contributed by atoms with E-state index in [0.29, 0.717) is 18.0 Å². The first-order valence-corrected chi connectivity index (χ1v) is 11.2. The highest BCUT2D eigenvalue weighted by Gasteiger charge is 2.29. The van der Waals surface area contributed by atoms with Gasteiger partial charge in [0.2, 0.25) is 5.91 Å². The third kappa shape index (κ3) is 5.14. The Labute approximate surface area is 188 Å². The summed E-state index contributed by atoms with van der Waals surface area (Å²) >= 11 is 0. The summed E-state index contributed by atoms with van der Waals surface area (Å²) in [5, 5.41) is 13.5. The van der Waals surface area contributed by atoms with Crippen molar-refractivity contribution in [1.82, 2.24) is 25.1 Å². The Morgan fingerprint density at radius 3 is 2.72 bits per heavy atom. The van der Waals surface area contributed by atoms with Crippen LogP contribution >= 0.6 is 0 Å². The summed E-state index contributed by atoms with van der Waals surface area (Å²) in [5.41, 5.74) is 3.76. The summed E-state index contributed by atoms with van der Waals surface area (Å²) in [4.78, 5) is 36.3. The number of hydrogen-bond acceptors (Lipinski definition) is 6. The van der Waals surface area contributed by atoms with Gasteiger partial charge < -0.3 is 15.3 Å². The molecule has 1 aromatic carbocycles. The zero-order valence-corrected chi connectivity index (χ0v) is 18.7. The summed E-state index contributed by atoms with van der Waals surface area (Å²) < 4.78 is 0. The van der Waals surface area contributed by atoms with Gasteiger partial charge in [-0.2, -0.15) is 0 Å². The number of nitrogens with zero attached hydrogens (tertiary/aromatic N) is 4. The lowest BCUT2D eigenvalue weighted by Gasteiger charge is -2.38. The fourth-order valence-electron chi connectivity index (χ4n) is 4.45. The van der Waals surface area contributed by atoms with Gasteiger partial charge in [0.15, 0.2) is 0 Å². The first-order valence-electron chi connectivity index (χ1n) is 11.2. The number of hydrogen-bond donors (Lipinski definition) is 2. The molecule has 2 aliphatic rings. The average molecular weight is 438 g/mol. The predicted molar refractivity (Wildman–Crippen MR) is 120 cm³/mol. The van der Waals surface area contributed by atoms with Crippen LogP contribution in [-0.4, -0.2) is 75.0 Å². The summed E-state index contributed by atoms with van der Waals surface area (Å²) in [7, 11) is 0. The number of benzene rings is 1. The van der Waals surface area contributed by atoms with Crippen molar-refractivity contribution in [2.45, 2.75) is 45.4 Å². The van der Waals surface area contributed by atoms with Gasteiger partial charge in [-0.3, -0.25) is 14.5 Å². The molecule has 0 bridgehead atoms. The van der Waals surface area contributed by atoms with E-state index in [0.717, 1.165) is 38.3 Å². The molecule has 2 atom stereocenters. The van der Waals surface area contributed by atoms with Crippen molar-refractivity contribution < 1.29 is 14.7 Å². The van der Waals surface area contributed by atoms with E-state index in [1.54, 1.807) is 17.9 Å². The van der Waals surface area contributed by atoms with Crippen LogP contribution in [0.3, 0.4) is 0 Å². The maximum Gasteiger partial charge on any atom is 0.270 e. The van der Waals surface area contributed by atoms with E-state index < -0.39 is 6.10 Å². The van der Waals surface area contributed by atoms with Crippen LogP contribution in [0.1, 0.15) is 41.2 Å². The van der Waals surface area contributed by atoms with Gasteiger partial charge in [0.1, 0.15) is 12.0 Å². The molecule has 1 saturated heterocycles. The Morgan fingerprint density at radius 1 is 1.22 bits per heavy atom. The van der Waals surface area contributed by atoms with E-state index in [1.165, 1.54) is 17.5 Å². The topological polar surface area (TPSA) is 98.7 Å². The minimum Gasteiger partial charge on any atom is -0.390 e. The van der Waals surface area contributed by atoms with Crippen molar-refractivity contribution in [1.29, 1.82) is 0 Å². The Balaban J connectivity index is 1.27. The molecule has 8 heteroatoms. The Bertz CT molecular complexity index is 976. The molecular formula is C24H31N5O3. The lowest BCUT2D eigenvalue weighted by molar-refractivity contribution is -0.134. The number of nitrogens with one attached hydrogen (secondary N) is 1. The number of fused-ring (bicyclic) bond motifs is 1. The quantitative estimate of drug-likeness (QED) is 0.672. The molecule has 32 heavy (non-hydrogen) atoms. The maximum atomic E-state index is 12.6. The summed E-state index contributed by atoms with van der Waals surface area (Å²) in [5.74, 6) is 0.135. The number of rotatable bonds is 7. The molecule has 2 unspecified atom stereocenters. The third-order valence-electron chi connectivity index (χ3n) is 6.62. The fourth-order valence-corrected chi connectivity index (χ4v) is 4.45. The molecule has 1 fully saturated rings. The number of carbonyl (C=O) groups is 2. The number of carbonyl (C=O) groups excluding carboxylic acids is 2. The van der Waals surface area contributed by atoms with Gasteiger partial charge >= 0.3 is 0 Å². The second-order valence-electron chi connectivity index (χ2n) is 8.90. The zero-order chi connectivity index (χ0) is 22.7. The standard InChI is InChI=1S/C24H31N5O3/c1-16(28-8-7-19-5-3-4-6-20(19)14-28)23(31)11-25-24(32)22-10-21(26-15-27-22)9-18-12-29(13-18)17(2)30/h3-6,10,15-16,18,23,31H,7-9,11-14H2,1-2H3,(H,25,32). The SMILES string of the molecule is CC(=O)N1CC(Cc2cc(C(=O)NCC(O)C(C)N3CCc4ccccc4C3)ncn2)C1. The summed E-state index contributed by atoms with van der Waals surface area (Å²) in [6, 6.07) is 10.0. The van der Waals surface area contributed by atoms with Crippen LogP contribution < -0.4 is 5.32 Å². The summed E-state index contributed by atoms with van der Waals surface area (Å²) in [6.45, 7) is 6.88. The number of aliphatic hydroxyl groups is 1. The number of aliphatic hydroxyl groups excluding tert-OH is 1. The van der Waals surface area contributed by atoms with Gasteiger partial charge in [-0.15, -0.1) is 0 Å². The van der Waals surface area contributed by atoms with Crippen molar-refractivity contribution in [2.75, 3.05) is 26.2 Å². The minimum absolute atomic E-state index is 0.0764. The van der Waals surface area contributed by atoms with E-state index in [1.807, 2.05) is 13.0 Å². The number of amides is 2. The Hall–Kier alpha value is -2.84. The van der Waals surface area contributed by atoms with Crippen molar-refractivity contribution in [3.8, 4) is 0 Å². The highest BCUT2D eigenvalue weighted by atomic mass is 16.3. The molecule has 0 radical (unpaired) electrons. The van der Waals surface area contributed by atoms with E-state index in [-0.39, 0.29) is 24.4 Å². The largest absolute Gasteiger partial charge is 0.390 e. The van der Waals surface area contributed by atoms with E-state index in [4.69, 9.17) is 0 Å². The molecule has 2 aliphatic heterocycles. The molecule has 0 saturated carbocycles. The van der Waals surface area contributed by atoms with E-state index >= 15 is 0 Å². The van der Waals surface area contributed by atoms with Crippen LogP contribution in [0.4, 0.5) is 0 Å². The fraction of sp³-hybridized carbons (Fsp3) is 0.500. The number of likely N-dealkylation sites (tertiary alicyclic amines) is 1. The lowest BCUT2D eigenvalue weighted by atomic mass is 9.94. The van der Waals surface area contributed by atoms with Gasteiger partial charge in [-0.05, 0) is 42.9 Å². The van der Waals surface area contributed by atoms with Gasteiger partial charge in [-0.1, -0.05) is 24.3 Å². The molecule has 0 aliphatic carbocycles. The molecule has 2 N–H and O–H groups in total. The van der Waals surface area contributed by atoms with Gasteiger partial charge in [0, 0.05) is 51.4 Å². The Kier molecular flexibility index (Phi) is 6.81. The van der Waals surface area contributed by atoms with Crippen LogP contribution in [0.15, 0.2) is 36.7 Å². The van der Waals surface area contributed by atoms with Crippen LogP contribution in [0.25, 0.3) is 0 Å².